The zero-order valence-electron chi connectivity index (χ0n) is 9.46. The molecule has 0 saturated carbocycles. The Kier molecular flexibility index (Phi) is 3.46. The van der Waals surface area contributed by atoms with Crippen LogP contribution in [0.25, 0.3) is 11.0 Å². The highest BCUT2D eigenvalue weighted by atomic mass is 35.5. The van der Waals surface area contributed by atoms with Crippen LogP contribution in [0.15, 0.2) is 18.2 Å². The number of hydrogen-bond donors (Lipinski definition) is 1. The third kappa shape index (κ3) is 2.54. The molecule has 1 unspecified atom stereocenters. The average Bonchev–Trinajstić information content (AvgIpc) is 2.67. The Morgan fingerprint density at radius 1 is 1.50 bits per heavy atom. The molecule has 16 heavy (non-hydrogen) atoms. The number of benzene rings is 1. The molecule has 1 aromatic carbocycles. The van der Waals surface area contributed by atoms with Crippen molar-refractivity contribution in [3.05, 3.63) is 29.0 Å². The number of H-pyrrole nitrogens is 1. The number of imidazole rings is 1. The van der Waals surface area contributed by atoms with Crippen LogP contribution < -0.4 is 0 Å². The quantitative estimate of drug-likeness (QED) is 0.889. The fourth-order valence-corrected chi connectivity index (χ4v) is 1.78. The van der Waals surface area contributed by atoms with Gasteiger partial charge in [-0.05, 0) is 31.5 Å². The van der Waals surface area contributed by atoms with E-state index in [1.807, 2.05) is 18.2 Å². The summed E-state index contributed by atoms with van der Waals surface area (Å²) in [5.41, 5.74) is 1.96. The molecule has 0 fully saturated rings. The second kappa shape index (κ2) is 4.85. The van der Waals surface area contributed by atoms with Crippen molar-refractivity contribution in [2.45, 2.75) is 25.9 Å². The van der Waals surface area contributed by atoms with Gasteiger partial charge in [0.25, 0.3) is 0 Å². The molecule has 1 N–H and O–H groups in total. The number of halogens is 1. The number of fused-ring (bicyclic) bond motifs is 1. The van der Waals surface area contributed by atoms with E-state index in [-0.39, 0.29) is 6.10 Å². The van der Waals surface area contributed by atoms with Gasteiger partial charge in [0.1, 0.15) is 5.82 Å². The summed E-state index contributed by atoms with van der Waals surface area (Å²) >= 11 is 5.91. The summed E-state index contributed by atoms with van der Waals surface area (Å²) < 4.78 is 5.20. The number of aromatic nitrogens is 2. The molecule has 0 saturated heterocycles. The van der Waals surface area contributed by atoms with Crippen LogP contribution in [0.1, 0.15) is 19.2 Å². The zero-order valence-corrected chi connectivity index (χ0v) is 10.2. The largest absolute Gasteiger partial charge is 0.382 e. The Bertz CT molecular complexity index is 481. The summed E-state index contributed by atoms with van der Waals surface area (Å²) in [4.78, 5) is 7.76. The maximum atomic E-state index is 5.91. The minimum Gasteiger partial charge on any atom is -0.382 e. The number of hydrogen-bond acceptors (Lipinski definition) is 2. The Labute approximate surface area is 99.8 Å². The monoisotopic (exact) mass is 238 g/mol. The fraction of sp³-hybridized carbons (Fsp3) is 0.417. The summed E-state index contributed by atoms with van der Waals surface area (Å²) in [6.45, 7) is 2.06. The second-order valence-electron chi connectivity index (χ2n) is 3.93. The standard InChI is InChI=1S/C12H15ClN2O/c1-8(16-2)3-6-12-14-10-5-4-9(13)7-11(10)15-12/h4-5,7-8H,3,6H2,1-2H3,(H,14,15). The van der Waals surface area contributed by atoms with E-state index in [9.17, 15) is 0 Å². The van der Waals surface area contributed by atoms with Crippen LogP contribution >= 0.6 is 11.6 Å². The third-order valence-electron chi connectivity index (χ3n) is 2.68. The first kappa shape index (κ1) is 11.4. The van der Waals surface area contributed by atoms with Gasteiger partial charge in [-0.25, -0.2) is 4.98 Å². The molecular formula is C12H15ClN2O. The van der Waals surface area contributed by atoms with Gasteiger partial charge in [0.15, 0.2) is 0 Å². The topological polar surface area (TPSA) is 37.9 Å². The number of methoxy groups -OCH3 is 1. The van der Waals surface area contributed by atoms with E-state index >= 15 is 0 Å². The van der Waals surface area contributed by atoms with E-state index in [1.165, 1.54) is 0 Å². The van der Waals surface area contributed by atoms with Gasteiger partial charge in [0.05, 0.1) is 17.1 Å². The highest BCUT2D eigenvalue weighted by Gasteiger charge is 2.05. The molecule has 2 rings (SSSR count). The van der Waals surface area contributed by atoms with E-state index in [0.717, 1.165) is 34.7 Å². The third-order valence-corrected chi connectivity index (χ3v) is 2.92. The van der Waals surface area contributed by atoms with Crippen LogP contribution in [0.4, 0.5) is 0 Å². The van der Waals surface area contributed by atoms with Gasteiger partial charge in [-0.2, -0.15) is 0 Å². The summed E-state index contributed by atoms with van der Waals surface area (Å²) in [7, 11) is 1.73. The van der Waals surface area contributed by atoms with E-state index in [2.05, 4.69) is 16.9 Å². The second-order valence-corrected chi connectivity index (χ2v) is 4.37. The summed E-state index contributed by atoms with van der Waals surface area (Å²) in [6.07, 6.45) is 2.11. The van der Waals surface area contributed by atoms with Gasteiger partial charge in [-0.1, -0.05) is 11.6 Å². The lowest BCUT2D eigenvalue weighted by molar-refractivity contribution is 0.111. The van der Waals surface area contributed by atoms with E-state index in [4.69, 9.17) is 16.3 Å². The van der Waals surface area contributed by atoms with Crippen molar-refractivity contribution in [2.75, 3.05) is 7.11 Å². The highest BCUT2D eigenvalue weighted by molar-refractivity contribution is 6.31. The first-order chi connectivity index (χ1) is 7.69. The molecule has 1 aromatic heterocycles. The van der Waals surface area contributed by atoms with E-state index in [1.54, 1.807) is 7.11 Å². The SMILES string of the molecule is COC(C)CCc1nc2ccc(Cl)cc2[nH]1. The minimum absolute atomic E-state index is 0.261. The molecule has 0 bridgehead atoms. The van der Waals surface area contributed by atoms with Crippen molar-refractivity contribution in [3.8, 4) is 0 Å². The number of nitrogens with zero attached hydrogens (tertiary/aromatic N) is 1. The number of aromatic amines is 1. The van der Waals surface area contributed by atoms with Crippen LogP contribution in [0.2, 0.25) is 5.02 Å². The molecule has 4 heteroatoms. The molecule has 0 aliphatic heterocycles. The Morgan fingerprint density at radius 2 is 2.31 bits per heavy atom. The van der Waals surface area contributed by atoms with Gasteiger partial charge in [-0.15, -0.1) is 0 Å². The Hall–Kier alpha value is -1.06. The van der Waals surface area contributed by atoms with Crippen LogP contribution in [-0.4, -0.2) is 23.2 Å². The zero-order chi connectivity index (χ0) is 11.5. The lowest BCUT2D eigenvalue weighted by atomic mass is 10.2. The minimum atomic E-state index is 0.261. The summed E-state index contributed by atoms with van der Waals surface area (Å²) in [5.74, 6) is 0.987. The highest BCUT2D eigenvalue weighted by Crippen LogP contribution is 2.17. The van der Waals surface area contributed by atoms with Gasteiger partial charge >= 0.3 is 0 Å². The normalized spacial score (nSPS) is 13.2. The predicted octanol–water partition coefficient (Wildman–Crippen LogP) is 3.18. The van der Waals surface area contributed by atoms with Crippen molar-refractivity contribution in [3.63, 3.8) is 0 Å². The number of ether oxygens (including phenoxy) is 1. The average molecular weight is 239 g/mol. The van der Waals surface area contributed by atoms with Crippen molar-refractivity contribution in [1.82, 2.24) is 9.97 Å². The lowest BCUT2D eigenvalue weighted by Gasteiger charge is -2.06. The maximum Gasteiger partial charge on any atom is 0.107 e. The molecule has 1 atom stereocenters. The van der Waals surface area contributed by atoms with Crippen molar-refractivity contribution in [2.24, 2.45) is 0 Å². The fourth-order valence-electron chi connectivity index (χ4n) is 1.61. The summed E-state index contributed by atoms with van der Waals surface area (Å²) in [6, 6.07) is 5.68. The lowest BCUT2D eigenvalue weighted by Crippen LogP contribution is -2.06. The van der Waals surface area contributed by atoms with E-state index in [0.29, 0.717) is 0 Å². The van der Waals surface area contributed by atoms with E-state index < -0.39 is 0 Å². The van der Waals surface area contributed by atoms with Gasteiger partial charge < -0.3 is 9.72 Å². The van der Waals surface area contributed by atoms with Crippen molar-refractivity contribution in [1.29, 1.82) is 0 Å². The van der Waals surface area contributed by atoms with Gasteiger partial charge in [0, 0.05) is 18.6 Å². The molecule has 0 spiro atoms. The maximum absolute atomic E-state index is 5.91. The molecule has 0 radical (unpaired) electrons. The van der Waals surface area contributed by atoms with Crippen LogP contribution in [0, 0.1) is 0 Å². The molecule has 0 aliphatic carbocycles. The molecule has 0 aliphatic rings. The molecule has 3 nitrogen and oxygen atoms in total. The Morgan fingerprint density at radius 3 is 3.06 bits per heavy atom. The van der Waals surface area contributed by atoms with Gasteiger partial charge in [-0.3, -0.25) is 0 Å². The van der Waals surface area contributed by atoms with Crippen molar-refractivity contribution >= 4 is 22.6 Å². The first-order valence-electron chi connectivity index (χ1n) is 5.36. The molecule has 1 heterocycles. The predicted molar refractivity (Wildman–Crippen MR) is 65.9 cm³/mol. The molecule has 86 valence electrons. The Balaban J connectivity index is 2.13. The smallest absolute Gasteiger partial charge is 0.107 e. The number of rotatable bonds is 4. The molecule has 2 aromatic rings. The number of aryl methyl sites for hydroxylation is 1. The van der Waals surface area contributed by atoms with Crippen molar-refractivity contribution < 1.29 is 4.74 Å². The van der Waals surface area contributed by atoms with Gasteiger partial charge in [0.2, 0.25) is 0 Å². The van der Waals surface area contributed by atoms with Crippen LogP contribution in [0.3, 0.4) is 0 Å². The first-order valence-corrected chi connectivity index (χ1v) is 5.74. The molecular weight excluding hydrogens is 224 g/mol. The summed E-state index contributed by atoms with van der Waals surface area (Å²) in [5, 5.41) is 0.730. The van der Waals surface area contributed by atoms with Crippen LogP contribution in [-0.2, 0) is 11.2 Å². The molecule has 0 amide bonds. The number of nitrogens with one attached hydrogen (secondary N) is 1. The van der Waals surface area contributed by atoms with Crippen LogP contribution in [0.5, 0.6) is 0 Å².